The van der Waals surface area contributed by atoms with Crippen molar-refractivity contribution in [2.45, 2.75) is 6.92 Å². The van der Waals surface area contributed by atoms with Gasteiger partial charge < -0.3 is 15.1 Å². The Kier molecular flexibility index (Phi) is 4.43. The number of hydrogen-bond donors (Lipinski definition) is 2. The number of rotatable bonds is 4. The Morgan fingerprint density at radius 1 is 1.00 bits per heavy atom. The predicted octanol–water partition coefficient (Wildman–Crippen LogP) is 4.70. The van der Waals surface area contributed by atoms with Crippen molar-refractivity contribution in [3.63, 3.8) is 0 Å². The highest BCUT2D eigenvalue weighted by molar-refractivity contribution is 7.12. The second-order valence-corrected chi connectivity index (χ2v) is 6.79. The van der Waals surface area contributed by atoms with E-state index in [1.165, 1.54) is 11.3 Å². The van der Waals surface area contributed by atoms with Crippen LogP contribution < -0.4 is 10.6 Å². The number of amides is 2. The Labute approximate surface area is 158 Å². The Morgan fingerprint density at radius 3 is 2.67 bits per heavy atom. The zero-order valence-corrected chi connectivity index (χ0v) is 15.2. The SMILES string of the molecule is Cc1nc2cc(NC(=O)c3ccccc3NC(=O)c3cccs3)ccc2o1. The molecule has 0 spiro atoms. The van der Waals surface area contributed by atoms with Crippen LogP contribution in [-0.4, -0.2) is 16.8 Å². The van der Waals surface area contributed by atoms with Gasteiger partial charge in [-0.2, -0.15) is 0 Å². The zero-order chi connectivity index (χ0) is 18.8. The lowest BCUT2D eigenvalue weighted by atomic mass is 10.1. The van der Waals surface area contributed by atoms with Gasteiger partial charge in [0.15, 0.2) is 11.5 Å². The third-order valence-electron chi connectivity index (χ3n) is 3.92. The Morgan fingerprint density at radius 2 is 1.85 bits per heavy atom. The fraction of sp³-hybridized carbons (Fsp3) is 0.0500. The largest absolute Gasteiger partial charge is 0.441 e. The molecule has 27 heavy (non-hydrogen) atoms. The lowest BCUT2D eigenvalue weighted by Gasteiger charge is -2.11. The minimum atomic E-state index is -0.323. The highest BCUT2D eigenvalue weighted by Crippen LogP contribution is 2.22. The molecule has 0 aliphatic rings. The molecule has 0 unspecified atom stereocenters. The summed E-state index contributed by atoms with van der Waals surface area (Å²) in [5.74, 6) is -0.00324. The molecule has 2 N–H and O–H groups in total. The highest BCUT2D eigenvalue weighted by atomic mass is 32.1. The Balaban J connectivity index is 1.56. The Hall–Kier alpha value is -3.45. The standard InChI is InChI=1S/C20H15N3O3S/c1-12-21-16-11-13(8-9-17(16)26-12)22-19(24)14-5-2-3-6-15(14)23-20(25)18-7-4-10-27-18/h2-11H,1H3,(H,22,24)(H,23,25). The first-order chi connectivity index (χ1) is 13.1. The number of carbonyl (C=O) groups excluding carboxylic acids is 2. The molecule has 0 bridgehead atoms. The van der Waals surface area contributed by atoms with Gasteiger partial charge in [-0.1, -0.05) is 18.2 Å². The molecule has 7 heteroatoms. The van der Waals surface area contributed by atoms with Crippen molar-refractivity contribution in [3.05, 3.63) is 76.3 Å². The summed E-state index contributed by atoms with van der Waals surface area (Å²) in [5, 5.41) is 7.46. The van der Waals surface area contributed by atoms with E-state index in [1.807, 2.05) is 5.38 Å². The first-order valence-corrected chi connectivity index (χ1v) is 9.10. The van der Waals surface area contributed by atoms with E-state index in [0.29, 0.717) is 38.8 Å². The molecule has 4 rings (SSSR count). The molecule has 0 atom stereocenters. The first-order valence-electron chi connectivity index (χ1n) is 8.22. The average Bonchev–Trinajstić information content (AvgIpc) is 3.30. The van der Waals surface area contributed by atoms with E-state index in [-0.39, 0.29) is 11.8 Å². The maximum atomic E-state index is 12.7. The van der Waals surface area contributed by atoms with Crippen LogP contribution in [0.1, 0.15) is 25.9 Å². The molecule has 4 aromatic rings. The van der Waals surface area contributed by atoms with Crippen LogP contribution >= 0.6 is 11.3 Å². The summed E-state index contributed by atoms with van der Waals surface area (Å²) < 4.78 is 5.44. The van der Waals surface area contributed by atoms with Gasteiger partial charge in [0.2, 0.25) is 0 Å². The fourth-order valence-electron chi connectivity index (χ4n) is 2.70. The van der Waals surface area contributed by atoms with Crippen LogP contribution in [0, 0.1) is 6.92 Å². The molecule has 0 aliphatic heterocycles. The zero-order valence-electron chi connectivity index (χ0n) is 14.4. The molecule has 0 fully saturated rings. The number of aryl methyl sites for hydroxylation is 1. The summed E-state index contributed by atoms with van der Waals surface area (Å²) in [6.45, 7) is 1.77. The van der Waals surface area contributed by atoms with Gasteiger partial charge in [-0.15, -0.1) is 11.3 Å². The lowest BCUT2D eigenvalue weighted by molar-refractivity contribution is 0.102. The number of thiophene rings is 1. The van der Waals surface area contributed by atoms with Gasteiger partial charge in [0.25, 0.3) is 11.8 Å². The number of aromatic nitrogens is 1. The number of carbonyl (C=O) groups is 2. The minimum Gasteiger partial charge on any atom is -0.441 e. The molecule has 0 saturated heterocycles. The van der Waals surface area contributed by atoms with Crippen molar-refractivity contribution >= 4 is 45.6 Å². The van der Waals surface area contributed by atoms with Crippen LogP contribution in [-0.2, 0) is 0 Å². The molecular weight excluding hydrogens is 362 g/mol. The number of hydrogen-bond acceptors (Lipinski definition) is 5. The van der Waals surface area contributed by atoms with E-state index in [1.54, 1.807) is 61.5 Å². The highest BCUT2D eigenvalue weighted by Gasteiger charge is 2.15. The minimum absolute atomic E-state index is 0.246. The van der Waals surface area contributed by atoms with Crippen LogP contribution in [0.3, 0.4) is 0 Å². The molecule has 2 heterocycles. The van der Waals surface area contributed by atoms with Gasteiger partial charge >= 0.3 is 0 Å². The van der Waals surface area contributed by atoms with E-state index in [2.05, 4.69) is 15.6 Å². The maximum absolute atomic E-state index is 12.7. The number of fused-ring (bicyclic) bond motifs is 1. The van der Waals surface area contributed by atoms with Crippen LogP contribution in [0.2, 0.25) is 0 Å². The van der Waals surface area contributed by atoms with Crippen molar-refractivity contribution in [2.75, 3.05) is 10.6 Å². The molecule has 134 valence electrons. The number of anilines is 2. The number of benzene rings is 2. The molecule has 0 aliphatic carbocycles. The average molecular weight is 377 g/mol. The van der Waals surface area contributed by atoms with Gasteiger partial charge in [-0.25, -0.2) is 4.98 Å². The third kappa shape index (κ3) is 3.58. The van der Waals surface area contributed by atoms with E-state index < -0.39 is 0 Å². The second-order valence-electron chi connectivity index (χ2n) is 5.85. The van der Waals surface area contributed by atoms with Crippen molar-refractivity contribution in [2.24, 2.45) is 0 Å². The van der Waals surface area contributed by atoms with E-state index in [9.17, 15) is 9.59 Å². The molecule has 6 nitrogen and oxygen atoms in total. The van der Waals surface area contributed by atoms with E-state index in [4.69, 9.17) is 4.42 Å². The monoisotopic (exact) mass is 377 g/mol. The van der Waals surface area contributed by atoms with Gasteiger partial charge in [0, 0.05) is 12.6 Å². The fourth-order valence-corrected chi connectivity index (χ4v) is 3.32. The van der Waals surface area contributed by atoms with E-state index >= 15 is 0 Å². The lowest BCUT2D eigenvalue weighted by Crippen LogP contribution is -2.17. The first kappa shape index (κ1) is 17.0. The number of oxazole rings is 1. The van der Waals surface area contributed by atoms with Crippen molar-refractivity contribution in [1.29, 1.82) is 0 Å². The normalized spacial score (nSPS) is 10.7. The van der Waals surface area contributed by atoms with Crippen LogP contribution in [0.4, 0.5) is 11.4 Å². The summed E-state index contributed by atoms with van der Waals surface area (Å²) >= 11 is 1.34. The molecule has 0 saturated carbocycles. The molecule has 0 radical (unpaired) electrons. The molecule has 2 aromatic heterocycles. The van der Waals surface area contributed by atoms with Crippen molar-refractivity contribution in [1.82, 2.24) is 4.98 Å². The topological polar surface area (TPSA) is 84.2 Å². The molecule has 2 aromatic carbocycles. The summed E-state index contributed by atoms with van der Waals surface area (Å²) in [7, 11) is 0. The smallest absolute Gasteiger partial charge is 0.265 e. The maximum Gasteiger partial charge on any atom is 0.265 e. The van der Waals surface area contributed by atoms with Gasteiger partial charge in [-0.05, 0) is 41.8 Å². The molecule has 2 amide bonds. The predicted molar refractivity (Wildman–Crippen MR) is 105 cm³/mol. The van der Waals surface area contributed by atoms with Crippen molar-refractivity contribution in [3.8, 4) is 0 Å². The van der Waals surface area contributed by atoms with Crippen LogP contribution in [0.15, 0.2) is 64.4 Å². The van der Waals surface area contributed by atoms with Gasteiger partial charge in [-0.3, -0.25) is 9.59 Å². The Bertz CT molecular complexity index is 1130. The number of nitrogens with one attached hydrogen (secondary N) is 2. The van der Waals surface area contributed by atoms with Crippen LogP contribution in [0.5, 0.6) is 0 Å². The van der Waals surface area contributed by atoms with Gasteiger partial charge in [0.05, 0.1) is 16.1 Å². The van der Waals surface area contributed by atoms with E-state index in [0.717, 1.165) is 0 Å². The summed E-state index contributed by atoms with van der Waals surface area (Å²) in [4.78, 5) is 29.9. The quantitative estimate of drug-likeness (QED) is 0.540. The molecular formula is C20H15N3O3S. The summed E-state index contributed by atoms with van der Waals surface area (Å²) in [6.07, 6.45) is 0. The summed E-state index contributed by atoms with van der Waals surface area (Å²) in [6, 6.07) is 15.7. The second kappa shape index (κ2) is 7.05. The van der Waals surface area contributed by atoms with Crippen molar-refractivity contribution < 1.29 is 14.0 Å². The third-order valence-corrected chi connectivity index (χ3v) is 4.79. The van der Waals surface area contributed by atoms with Crippen LogP contribution in [0.25, 0.3) is 11.1 Å². The number of para-hydroxylation sites is 1. The van der Waals surface area contributed by atoms with Gasteiger partial charge in [0.1, 0.15) is 5.52 Å². The number of nitrogens with zero attached hydrogens (tertiary/aromatic N) is 1. The summed E-state index contributed by atoms with van der Waals surface area (Å²) in [5.41, 5.74) is 2.75.